The van der Waals surface area contributed by atoms with Gasteiger partial charge in [-0.2, -0.15) is 0 Å². The van der Waals surface area contributed by atoms with Crippen LogP contribution < -0.4 is 0 Å². The molecule has 0 rings (SSSR count). The lowest BCUT2D eigenvalue weighted by atomic mass is 10.0. The van der Waals surface area contributed by atoms with E-state index in [-0.39, 0.29) is 31.1 Å². The van der Waals surface area contributed by atoms with E-state index >= 15 is 0 Å². The van der Waals surface area contributed by atoms with Crippen molar-refractivity contribution in [2.45, 2.75) is 291 Å². The zero-order valence-corrected chi connectivity index (χ0v) is 39.7. The van der Waals surface area contributed by atoms with Crippen LogP contribution in [0.3, 0.4) is 0 Å². The summed E-state index contributed by atoms with van der Waals surface area (Å²) in [7, 11) is 0. The minimum absolute atomic E-state index is 0.0638. The molecule has 0 aromatic rings. The summed E-state index contributed by atoms with van der Waals surface area (Å²) in [6.07, 6.45) is 45.1. The number of carbonyl (C=O) groups excluding carboxylic acids is 3. The highest BCUT2D eigenvalue weighted by atomic mass is 16.6. The molecule has 0 aromatic carbocycles. The van der Waals surface area contributed by atoms with Gasteiger partial charge in [0.1, 0.15) is 13.2 Å². The Hall–Kier alpha value is -1.59. The lowest BCUT2D eigenvalue weighted by molar-refractivity contribution is -0.167. The van der Waals surface area contributed by atoms with E-state index in [1.54, 1.807) is 0 Å². The zero-order chi connectivity index (χ0) is 42.6. The molecule has 0 unspecified atom stereocenters. The largest absolute Gasteiger partial charge is 0.462 e. The normalized spacial score (nSPS) is 12.1. The summed E-state index contributed by atoms with van der Waals surface area (Å²) < 4.78 is 16.8. The molecule has 58 heavy (non-hydrogen) atoms. The highest BCUT2D eigenvalue weighted by Crippen LogP contribution is 2.17. The quantitative estimate of drug-likeness (QED) is 0.0346. The molecule has 0 saturated carbocycles. The van der Waals surface area contributed by atoms with Crippen molar-refractivity contribution >= 4 is 17.9 Å². The Balaban J connectivity index is 4.31. The van der Waals surface area contributed by atoms with E-state index in [0.717, 1.165) is 69.6 Å². The molecule has 0 aliphatic heterocycles. The lowest BCUT2D eigenvalue weighted by Crippen LogP contribution is -2.30. The van der Waals surface area contributed by atoms with Crippen molar-refractivity contribution in [2.24, 2.45) is 11.8 Å². The molecule has 0 saturated heterocycles. The van der Waals surface area contributed by atoms with Crippen LogP contribution in [0.1, 0.15) is 285 Å². The molecular formula is C52H100O6. The average molecular weight is 821 g/mol. The molecule has 0 bridgehead atoms. The summed E-state index contributed by atoms with van der Waals surface area (Å²) >= 11 is 0. The molecule has 0 heterocycles. The van der Waals surface area contributed by atoms with Gasteiger partial charge >= 0.3 is 17.9 Å². The number of unbranched alkanes of at least 4 members (excludes halogenated alkanes) is 31. The summed E-state index contributed by atoms with van der Waals surface area (Å²) in [6, 6.07) is 0. The molecule has 1 atom stereocenters. The first kappa shape index (κ1) is 56.4. The van der Waals surface area contributed by atoms with Gasteiger partial charge in [-0.05, 0) is 31.1 Å². The predicted molar refractivity (Wildman–Crippen MR) is 247 cm³/mol. The van der Waals surface area contributed by atoms with Crippen LogP contribution in [0.5, 0.6) is 0 Å². The highest BCUT2D eigenvalue weighted by molar-refractivity contribution is 5.71. The molecule has 0 radical (unpaired) electrons. The fourth-order valence-electron chi connectivity index (χ4n) is 7.81. The van der Waals surface area contributed by atoms with Gasteiger partial charge < -0.3 is 14.2 Å². The van der Waals surface area contributed by atoms with Gasteiger partial charge in [-0.25, -0.2) is 0 Å². The smallest absolute Gasteiger partial charge is 0.306 e. The Morgan fingerprint density at radius 3 is 0.845 bits per heavy atom. The van der Waals surface area contributed by atoms with Gasteiger partial charge in [0.25, 0.3) is 0 Å². The predicted octanol–water partition coefficient (Wildman–Crippen LogP) is 16.5. The van der Waals surface area contributed by atoms with E-state index in [1.165, 1.54) is 173 Å². The molecule has 0 amide bonds. The topological polar surface area (TPSA) is 78.9 Å². The Morgan fingerprint density at radius 1 is 0.328 bits per heavy atom. The lowest BCUT2D eigenvalue weighted by Gasteiger charge is -2.18. The van der Waals surface area contributed by atoms with Gasteiger partial charge in [0.15, 0.2) is 6.10 Å². The van der Waals surface area contributed by atoms with Gasteiger partial charge in [-0.15, -0.1) is 0 Å². The Morgan fingerprint density at radius 2 is 0.569 bits per heavy atom. The van der Waals surface area contributed by atoms with E-state index in [0.29, 0.717) is 19.3 Å². The van der Waals surface area contributed by atoms with Crippen LogP contribution in [-0.4, -0.2) is 37.2 Å². The second-order valence-corrected chi connectivity index (χ2v) is 18.8. The fourth-order valence-corrected chi connectivity index (χ4v) is 7.81. The van der Waals surface area contributed by atoms with E-state index in [2.05, 4.69) is 34.6 Å². The van der Waals surface area contributed by atoms with Gasteiger partial charge in [-0.3, -0.25) is 14.4 Å². The van der Waals surface area contributed by atoms with Crippen molar-refractivity contribution < 1.29 is 28.6 Å². The Kier molecular flexibility index (Phi) is 43.7. The molecule has 6 heteroatoms. The maximum Gasteiger partial charge on any atom is 0.306 e. The van der Waals surface area contributed by atoms with Gasteiger partial charge in [-0.1, -0.05) is 247 Å². The van der Waals surface area contributed by atoms with Crippen LogP contribution in [0.25, 0.3) is 0 Å². The molecule has 344 valence electrons. The first-order valence-corrected chi connectivity index (χ1v) is 25.7. The van der Waals surface area contributed by atoms with Gasteiger partial charge in [0.05, 0.1) is 0 Å². The molecule has 0 fully saturated rings. The van der Waals surface area contributed by atoms with E-state index < -0.39 is 6.10 Å². The third-order valence-corrected chi connectivity index (χ3v) is 11.7. The maximum absolute atomic E-state index is 12.8. The summed E-state index contributed by atoms with van der Waals surface area (Å²) in [5.41, 5.74) is 0. The first-order chi connectivity index (χ1) is 28.2. The number of hydrogen-bond acceptors (Lipinski definition) is 6. The van der Waals surface area contributed by atoms with Crippen LogP contribution in [-0.2, 0) is 28.6 Å². The number of esters is 3. The van der Waals surface area contributed by atoms with Crippen molar-refractivity contribution in [3.8, 4) is 0 Å². The van der Waals surface area contributed by atoms with Gasteiger partial charge in [0.2, 0.25) is 0 Å². The highest BCUT2D eigenvalue weighted by Gasteiger charge is 2.19. The second kappa shape index (κ2) is 44.9. The van der Waals surface area contributed by atoms with Crippen LogP contribution in [0.2, 0.25) is 0 Å². The molecule has 0 spiro atoms. The summed E-state index contributed by atoms with van der Waals surface area (Å²) in [4.78, 5) is 37.9. The standard InChI is InChI=1S/C52H100O6/c1-6-7-8-9-10-11-12-13-18-23-29-34-39-44-52(55)58-49(46-57-51(54)43-38-33-28-24-19-21-26-31-36-41-48(4)5)45-56-50(53)42-37-32-27-22-17-15-14-16-20-25-30-35-40-47(2)3/h47-49H,6-46H2,1-5H3/t49-/m1/s1. The van der Waals surface area contributed by atoms with Crippen molar-refractivity contribution in [1.82, 2.24) is 0 Å². The van der Waals surface area contributed by atoms with E-state index in [1.807, 2.05) is 0 Å². The first-order valence-electron chi connectivity index (χ1n) is 25.7. The van der Waals surface area contributed by atoms with Crippen LogP contribution in [0.15, 0.2) is 0 Å². The van der Waals surface area contributed by atoms with Crippen LogP contribution >= 0.6 is 0 Å². The summed E-state index contributed by atoms with van der Waals surface area (Å²) in [5, 5.41) is 0. The minimum Gasteiger partial charge on any atom is -0.462 e. The Labute approximate surface area is 361 Å². The second-order valence-electron chi connectivity index (χ2n) is 18.8. The number of rotatable bonds is 46. The number of ether oxygens (including phenoxy) is 3. The van der Waals surface area contributed by atoms with Crippen LogP contribution in [0, 0.1) is 11.8 Å². The third kappa shape index (κ3) is 45.5. The third-order valence-electron chi connectivity index (χ3n) is 11.7. The molecule has 6 nitrogen and oxygen atoms in total. The van der Waals surface area contributed by atoms with Crippen molar-refractivity contribution in [2.75, 3.05) is 13.2 Å². The average Bonchev–Trinajstić information content (AvgIpc) is 3.19. The van der Waals surface area contributed by atoms with Gasteiger partial charge in [0, 0.05) is 19.3 Å². The fraction of sp³-hybridized carbons (Fsp3) is 0.942. The SMILES string of the molecule is CCCCCCCCCCCCCCCC(=O)O[C@H](COC(=O)CCCCCCCCCCCCCCC(C)C)COC(=O)CCCCCCCCCCCC(C)C. The van der Waals surface area contributed by atoms with E-state index in [9.17, 15) is 14.4 Å². The maximum atomic E-state index is 12.8. The summed E-state index contributed by atoms with van der Waals surface area (Å²) in [6.45, 7) is 11.4. The monoisotopic (exact) mass is 821 g/mol. The molecule has 0 aliphatic carbocycles. The van der Waals surface area contributed by atoms with E-state index in [4.69, 9.17) is 14.2 Å². The van der Waals surface area contributed by atoms with Crippen molar-refractivity contribution in [3.05, 3.63) is 0 Å². The molecule has 0 aromatic heterocycles. The van der Waals surface area contributed by atoms with Crippen LogP contribution in [0.4, 0.5) is 0 Å². The minimum atomic E-state index is -0.761. The number of hydrogen-bond donors (Lipinski definition) is 0. The zero-order valence-electron chi connectivity index (χ0n) is 39.7. The molecule has 0 N–H and O–H groups in total. The summed E-state index contributed by atoms with van der Waals surface area (Å²) in [5.74, 6) is 0.793. The Bertz CT molecular complexity index is 885. The molecule has 0 aliphatic rings. The number of carbonyl (C=O) groups is 3. The van der Waals surface area contributed by atoms with Crippen molar-refractivity contribution in [3.63, 3.8) is 0 Å². The van der Waals surface area contributed by atoms with Crippen molar-refractivity contribution in [1.29, 1.82) is 0 Å². The molecular weight excluding hydrogens is 721 g/mol.